The van der Waals surface area contributed by atoms with Crippen LogP contribution in [0.25, 0.3) is 0 Å². The summed E-state index contributed by atoms with van der Waals surface area (Å²) in [5.41, 5.74) is 2.88. The second-order valence-corrected chi connectivity index (χ2v) is 4.90. The molecule has 0 atom stereocenters. The van der Waals surface area contributed by atoms with Crippen LogP contribution in [0.1, 0.15) is 27.3 Å². The average molecular weight is 277 g/mol. The molecule has 0 saturated carbocycles. The first-order valence-electron chi connectivity index (χ1n) is 5.92. The Labute approximate surface area is 115 Å². The Morgan fingerprint density at radius 3 is 2.79 bits per heavy atom. The normalized spacial score (nSPS) is 10.2. The molecule has 1 heterocycles. The number of nitrogens with one attached hydrogen (secondary N) is 1. The van der Waals surface area contributed by atoms with Crippen LogP contribution in [0.5, 0.6) is 5.75 Å². The van der Waals surface area contributed by atoms with Crippen LogP contribution in [-0.2, 0) is 13.0 Å². The predicted molar refractivity (Wildman–Crippen MR) is 73.9 cm³/mol. The van der Waals surface area contributed by atoms with Gasteiger partial charge in [-0.1, -0.05) is 25.1 Å². The zero-order valence-corrected chi connectivity index (χ0v) is 11.4. The topological polar surface area (TPSA) is 77.2 Å². The summed E-state index contributed by atoms with van der Waals surface area (Å²) < 4.78 is 5.60. The number of hydrogen-bond acceptors (Lipinski definition) is 5. The van der Waals surface area contributed by atoms with Crippen molar-refractivity contribution in [2.24, 2.45) is 5.84 Å². The minimum Gasteiger partial charge on any atom is -0.486 e. The van der Waals surface area contributed by atoms with Crippen molar-refractivity contribution < 1.29 is 9.53 Å². The highest BCUT2D eigenvalue weighted by Gasteiger charge is 2.16. The minimum absolute atomic E-state index is 0.305. The lowest BCUT2D eigenvalue weighted by molar-refractivity contribution is 0.0956. The molecule has 3 N–H and O–H groups in total. The molecule has 5 nitrogen and oxygen atoms in total. The number of hydrogen-bond donors (Lipinski definition) is 2. The van der Waals surface area contributed by atoms with Gasteiger partial charge in [-0.2, -0.15) is 0 Å². The second-order valence-electron chi connectivity index (χ2n) is 3.81. The lowest BCUT2D eigenvalue weighted by atomic mass is 10.3. The Morgan fingerprint density at radius 2 is 2.16 bits per heavy atom. The number of amides is 1. The van der Waals surface area contributed by atoms with Crippen molar-refractivity contribution in [3.8, 4) is 5.75 Å². The first-order valence-corrected chi connectivity index (χ1v) is 6.73. The number of rotatable bonds is 5. The summed E-state index contributed by atoms with van der Waals surface area (Å²) in [6, 6.07) is 9.49. The van der Waals surface area contributed by atoms with Crippen molar-refractivity contribution in [1.82, 2.24) is 10.4 Å². The quantitative estimate of drug-likeness (QED) is 0.497. The molecular formula is C13H15N3O2S. The summed E-state index contributed by atoms with van der Waals surface area (Å²) in [7, 11) is 0. The van der Waals surface area contributed by atoms with Gasteiger partial charge in [0.1, 0.15) is 22.2 Å². The number of nitrogens with two attached hydrogens (primary N) is 1. The molecule has 0 aliphatic carbocycles. The number of aromatic nitrogens is 1. The number of nitrogens with zero attached hydrogens (tertiary/aromatic N) is 1. The monoisotopic (exact) mass is 277 g/mol. The molecule has 6 heteroatoms. The second kappa shape index (κ2) is 6.31. The third-order valence-corrected chi connectivity index (χ3v) is 3.59. The summed E-state index contributed by atoms with van der Waals surface area (Å²) in [5.74, 6) is 5.62. The molecule has 0 saturated heterocycles. The van der Waals surface area contributed by atoms with Gasteiger partial charge in [-0.25, -0.2) is 10.8 Å². The Morgan fingerprint density at radius 1 is 1.42 bits per heavy atom. The maximum absolute atomic E-state index is 11.6. The van der Waals surface area contributed by atoms with E-state index in [2.05, 4.69) is 10.4 Å². The number of carbonyl (C=O) groups excluding carboxylic acids is 1. The average Bonchev–Trinajstić information content (AvgIpc) is 2.88. The SMILES string of the molecule is CCc1nc(COc2ccccc2)sc1C(=O)NN. The Kier molecular flexibility index (Phi) is 4.48. The molecule has 2 rings (SSSR count). The van der Waals surface area contributed by atoms with Crippen LogP contribution in [0, 0.1) is 0 Å². The van der Waals surface area contributed by atoms with Crippen LogP contribution in [0.15, 0.2) is 30.3 Å². The lowest BCUT2D eigenvalue weighted by Crippen LogP contribution is -2.30. The van der Waals surface area contributed by atoms with Gasteiger partial charge in [-0.05, 0) is 18.6 Å². The number of carbonyl (C=O) groups is 1. The number of aryl methyl sites for hydroxylation is 1. The molecule has 19 heavy (non-hydrogen) atoms. The van der Waals surface area contributed by atoms with Gasteiger partial charge in [0, 0.05) is 0 Å². The van der Waals surface area contributed by atoms with Crippen LogP contribution in [0.2, 0.25) is 0 Å². The van der Waals surface area contributed by atoms with Gasteiger partial charge in [0.15, 0.2) is 0 Å². The maximum atomic E-state index is 11.6. The van der Waals surface area contributed by atoms with Crippen LogP contribution in [-0.4, -0.2) is 10.9 Å². The molecule has 100 valence electrons. The molecule has 0 spiro atoms. The van der Waals surface area contributed by atoms with E-state index >= 15 is 0 Å². The van der Waals surface area contributed by atoms with Gasteiger partial charge in [0.2, 0.25) is 0 Å². The molecule has 0 aliphatic rings. The van der Waals surface area contributed by atoms with E-state index in [1.165, 1.54) is 11.3 Å². The van der Waals surface area contributed by atoms with E-state index in [9.17, 15) is 4.79 Å². The summed E-state index contributed by atoms with van der Waals surface area (Å²) in [6.07, 6.45) is 0.685. The van der Waals surface area contributed by atoms with E-state index in [0.717, 1.165) is 16.5 Å². The van der Waals surface area contributed by atoms with Crippen LogP contribution in [0.3, 0.4) is 0 Å². The summed E-state index contributed by atoms with van der Waals surface area (Å²) >= 11 is 1.31. The van der Waals surface area contributed by atoms with Crippen molar-refractivity contribution in [3.63, 3.8) is 0 Å². The van der Waals surface area contributed by atoms with Crippen molar-refractivity contribution in [3.05, 3.63) is 45.9 Å². The number of para-hydroxylation sites is 1. The number of benzene rings is 1. The standard InChI is InChI=1S/C13H15N3O2S/c1-2-10-12(13(17)16-14)19-11(15-10)8-18-9-6-4-3-5-7-9/h3-7H,2,8,14H2,1H3,(H,16,17). The van der Waals surface area contributed by atoms with Gasteiger partial charge in [-0.3, -0.25) is 10.2 Å². The maximum Gasteiger partial charge on any atom is 0.277 e. The van der Waals surface area contributed by atoms with E-state index in [-0.39, 0.29) is 5.91 Å². The van der Waals surface area contributed by atoms with E-state index in [0.29, 0.717) is 17.9 Å². The molecule has 0 bridgehead atoms. The molecule has 1 amide bonds. The fourth-order valence-corrected chi connectivity index (χ4v) is 2.58. The Balaban J connectivity index is 2.09. The van der Waals surface area contributed by atoms with Crippen molar-refractivity contribution in [1.29, 1.82) is 0 Å². The highest BCUT2D eigenvalue weighted by atomic mass is 32.1. The van der Waals surface area contributed by atoms with E-state index in [1.54, 1.807) is 0 Å². The van der Waals surface area contributed by atoms with E-state index in [4.69, 9.17) is 10.6 Å². The highest BCUT2D eigenvalue weighted by molar-refractivity contribution is 7.13. The van der Waals surface area contributed by atoms with Gasteiger partial charge in [0.25, 0.3) is 5.91 Å². The first kappa shape index (κ1) is 13.5. The molecular weight excluding hydrogens is 262 g/mol. The van der Waals surface area contributed by atoms with Gasteiger partial charge in [-0.15, -0.1) is 11.3 Å². The summed E-state index contributed by atoms with van der Waals surface area (Å²) in [6.45, 7) is 2.30. The van der Waals surface area contributed by atoms with E-state index < -0.39 is 0 Å². The molecule has 2 aromatic rings. The first-order chi connectivity index (χ1) is 9.24. The van der Waals surface area contributed by atoms with Crippen LogP contribution in [0.4, 0.5) is 0 Å². The zero-order chi connectivity index (χ0) is 13.7. The van der Waals surface area contributed by atoms with Crippen molar-refractivity contribution in [2.75, 3.05) is 0 Å². The molecule has 1 aromatic carbocycles. The van der Waals surface area contributed by atoms with Gasteiger partial charge in [0.05, 0.1) is 5.69 Å². The van der Waals surface area contributed by atoms with Gasteiger partial charge < -0.3 is 4.74 Å². The smallest absolute Gasteiger partial charge is 0.277 e. The van der Waals surface area contributed by atoms with Crippen molar-refractivity contribution in [2.45, 2.75) is 20.0 Å². The lowest BCUT2D eigenvalue weighted by Gasteiger charge is -2.02. The Hall–Kier alpha value is -1.92. The number of nitrogen functional groups attached to an aromatic ring is 1. The number of ether oxygens (including phenoxy) is 1. The van der Waals surface area contributed by atoms with E-state index in [1.807, 2.05) is 37.3 Å². The fraction of sp³-hybridized carbons (Fsp3) is 0.231. The minimum atomic E-state index is -0.305. The molecule has 0 radical (unpaired) electrons. The summed E-state index contributed by atoms with van der Waals surface area (Å²) in [5, 5.41) is 0.763. The fourth-order valence-electron chi connectivity index (χ4n) is 1.61. The molecule has 1 aromatic heterocycles. The largest absolute Gasteiger partial charge is 0.486 e. The highest BCUT2D eigenvalue weighted by Crippen LogP contribution is 2.21. The molecule has 0 fully saturated rings. The molecule has 0 aliphatic heterocycles. The van der Waals surface area contributed by atoms with Crippen LogP contribution >= 0.6 is 11.3 Å². The van der Waals surface area contributed by atoms with Gasteiger partial charge >= 0.3 is 0 Å². The molecule has 0 unspecified atom stereocenters. The zero-order valence-electron chi connectivity index (χ0n) is 10.6. The summed E-state index contributed by atoms with van der Waals surface area (Å²) in [4.78, 5) is 16.5. The third kappa shape index (κ3) is 3.30. The number of hydrazine groups is 1. The number of thiazole rings is 1. The Bertz CT molecular complexity index is 554. The predicted octanol–water partition coefficient (Wildman–Crippen LogP) is 1.89. The van der Waals surface area contributed by atoms with Crippen LogP contribution < -0.4 is 16.0 Å². The van der Waals surface area contributed by atoms with Crippen molar-refractivity contribution >= 4 is 17.2 Å². The third-order valence-electron chi connectivity index (χ3n) is 2.52.